The van der Waals surface area contributed by atoms with Gasteiger partial charge in [0.05, 0.1) is 12.5 Å². The van der Waals surface area contributed by atoms with Crippen molar-refractivity contribution in [3.63, 3.8) is 0 Å². The van der Waals surface area contributed by atoms with Crippen LogP contribution in [0.5, 0.6) is 5.75 Å². The Bertz CT molecular complexity index is 514. The topological polar surface area (TPSA) is 78.9 Å². The van der Waals surface area contributed by atoms with E-state index in [1.54, 1.807) is 38.2 Å². The number of rotatable bonds is 8. The minimum Gasteiger partial charge on any atom is -0.494 e. The second-order valence-corrected chi connectivity index (χ2v) is 6.11. The van der Waals surface area contributed by atoms with Crippen LogP contribution in [0.25, 0.3) is 0 Å². The Balaban J connectivity index is 2.47. The highest BCUT2D eigenvalue weighted by Crippen LogP contribution is 2.17. The Labute approximate surface area is 137 Å². The number of aliphatic carboxylic acids is 1. The van der Waals surface area contributed by atoms with Crippen LogP contribution in [-0.2, 0) is 4.79 Å². The summed E-state index contributed by atoms with van der Waals surface area (Å²) in [7, 11) is 1.57. The lowest BCUT2D eigenvalue weighted by molar-refractivity contribution is -0.141. The Kier molecular flexibility index (Phi) is 7.38. The van der Waals surface area contributed by atoms with Gasteiger partial charge >= 0.3 is 12.0 Å². The Morgan fingerprint density at radius 3 is 2.35 bits per heavy atom. The zero-order valence-corrected chi connectivity index (χ0v) is 14.2. The van der Waals surface area contributed by atoms with Gasteiger partial charge in [0.1, 0.15) is 5.75 Å². The molecule has 2 amide bonds. The van der Waals surface area contributed by atoms with E-state index in [1.807, 2.05) is 0 Å². The van der Waals surface area contributed by atoms with Crippen LogP contribution >= 0.6 is 0 Å². The maximum absolute atomic E-state index is 12.0. The molecule has 0 spiro atoms. The molecule has 1 aromatic rings. The first-order valence-electron chi connectivity index (χ1n) is 7.77. The second kappa shape index (κ2) is 9.02. The van der Waals surface area contributed by atoms with Crippen LogP contribution in [0.4, 0.5) is 10.5 Å². The third-order valence-corrected chi connectivity index (χ3v) is 3.39. The molecule has 128 valence electrons. The van der Waals surface area contributed by atoms with E-state index in [9.17, 15) is 9.59 Å². The summed E-state index contributed by atoms with van der Waals surface area (Å²) in [4.78, 5) is 24.2. The number of carbonyl (C=O) groups is 2. The quantitative estimate of drug-likeness (QED) is 0.769. The molecule has 0 saturated carbocycles. The standard InChI is InChI=1S/C17H26N2O4/c1-12(2)9-10-23-15-7-5-14(6-8-15)18-17(22)19(4)11-13(3)16(20)21/h5-8,12-13H,9-11H2,1-4H3,(H,18,22)(H,20,21). The maximum atomic E-state index is 12.0. The van der Waals surface area contributed by atoms with Gasteiger partial charge in [0.15, 0.2) is 0 Å². The smallest absolute Gasteiger partial charge is 0.321 e. The van der Waals surface area contributed by atoms with Crippen molar-refractivity contribution < 1.29 is 19.4 Å². The molecular weight excluding hydrogens is 296 g/mol. The van der Waals surface area contributed by atoms with Crippen molar-refractivity contribution in [1.29, 1.82) is 0 Å². The van der Waals surface area contributed by atoms with E-state index in [0.29, 0.717) is 18.2 Å². The average molecular weight is 322 g/mol. The van der Waals surface area contributed by atoms with E-state index in [0.717, 1.165) is 12.2 Å². The summed E-state index contributed by atoms with van der Waals surface area (Å²) >= 11 is 0. The summed E-state index contributed by atoms with van der Waals surface area (Å²) in [5.41, 5.74) is 0.640. The van der Waals surface area contributed by atoms with Gasteiger partial charge in [-0.25, -0.2) is 4.79 Å². The number of carboxylic acid groups (broad SMARTS) is 1. The molecule has 0 saturated heterocycles. The number of amides is 2. The molecule has 23 heavy (non-hydrogen) atoms. The van der Waals surface area contributed by atoms with E-state index < -0.39 is 11.9 Å². The number of hydrogen-bond donors (Lipinski definition) is 2. The van der Waals surface area contributed by atoms with Gasteiger partial charge in [-0.05, 0) is 36.6 Å². The van der Waals surface area contributed by atoms with E-state index in [2.05, 4.69) is 19.2 Å². The zero-order chi connectivity index (χ0) is 17.4. The highest BCUT2D eigenvalue weighted by molar-refractivity contribution is 5.89. The number of benzene rings is 1. The fourth-order valence-corrected chi connectivity index (χ4v) is 1.84. The SMILES string of the molecule is CC(C)CCOc1ccc(NC(=O)N(C)CC(C)C(=O)O)cc1. The molecule has 1 aromatic carbocycles. The molecule has 1 unspecified atom stereocenters. The molecule has 1 atom stereocenters. The zero-order valence-electron chi connectivity index (χ0n) is 14.2. The van der Waals surface area contributed by atoms with E-state index in [1.165, 1.54) is 4.90 Å². The minimum atomic E-state index is -0.924. The fourth-order valence-electron chi connectivity index (χ4n) is 1.84. The van der Waals surface area contributed by atoms with E-state index in [-0.39, 0.29) is 12.6 Å². The van der Waals surface area contributed by atoms with Crippen molar-refractivity contribution in [2.45, 2.75) is 27.2 Å². The predicted octanol–water partition coefficient (Wildman–Crippen LogP) is 3.30. The summed E-state index contributed by atoms with van der Waals surface area (Å²) in [5.74, 6) is -0.177. The Morgan fingerprint density at radius 1 is 1.22 bits per heavy atom. The van der Waals surface area contributed by atoms with Crippen LogP contribution in [0.15, 0.2) is 24.3 Å². The first-order chi connectivity index (χ1) is 10.8. The Morgan fingerprint density at radius 2 is 1.83 bits per heavy atom. The van der Waals surface area contributed by atoms with Crippen LogP contribution in [0.3, 0.4) is 0 Å². The lowest BCUT2D eigenvalue weighted by atomic mass is 10.1. The van der Waals surface area contributed by atoms with Crippen LogP contribution in [0.1, 0.15) is 27.2 Å². The number of carboxylic acids is 1. The summed E-state index contributed by atoms with van der Waals surface area (Å²) in [6.45, 7) is 6.67. The second-order valence-electron chi connectivity index (χ2n) is 6.11. The summed E-state index contributed by atoms with van der Waals surface area (Å²) in [6, 6.07) is 6.78. The first-order valence-corrected chi connectivity index (χ1v) is 7.77. The molecule has 0 aliphatic carbocycles. The highest BCUT2D eigenvalue weighted by atomic mass is 16.5. The van der Waals surface area contributed by atoms with Crippen molar-refractivity contribution in [2.75, 3.05) is 25.5 Å². The molecule has 0 fully saturated rings. The molecule has 6 nitrogen and oxygen atoms in total. The summed E-state index contributed by atoms with van der Waals surface area (Å²) < 4.78 is 5.61. The molecule has 6 heteroatoms. The predicted molar refractivity (Wildman–Crippen MR) is 89.8 cm³/mol. The van der Waals surface area contributed by atoms with E-state index in [4.69, 9.17) is 9.84 Å². The lowest BCUT2D eigenvalue weighted by Gasteiger charge is -2.20. The lowest BCUT2D eigenvalue weighted by Crippen LogP contribution is -2.36. The van der Waals surface area contributed by atoms with Gasteiger partial charge in [0, 0.05) is 19.3 Å². The number of nitrogens with zero attached hydrogens (tertiary/aromatic N) is 1. The van der Waals surface area contributed by atoms with Crippen LogP contribution in [-0.4, -0.2) is 42.2 Å². The maximum Gasteiger partial charge on any atom is 0.321 e. The molecule has 0 aromatic heterocycles. The van der Waals surface area contributed by atoms with Crippen molar-refractivity contribution in [3.8, 4) is 5.75 Å². The van der Waals surface area contributed by atoms with Crippen LogP contribution in [0.2, 0.25) is 0 Å². The molecule has 0 aliphatic rings. The molecule has 0 heterocycles. The number of urea groups is 1. The van der Waals surface area contributed by atoms with Crippen molar-refractivity contribution in [3.05, 3.63) is 24.3 Å². The number of nitrogens with one attached hydrogen (secondary N) is 1. The molecule has 0 bridgehead atoms. The molecular formula is C17H26N2O4. The van der Waals surface area contributed by atoms with Crippen LogP contribution in [0, 0.1) is 11.8 Å². The number of ether oxygens (including phenoxy) is 1. The van der Waals surface area contributed by atoms with E-state index >= 15 is 0 Å². The minimum absolute atomic E-state index is 0.150. The van der Waals surface area contributed by atoms with Gasteiger partial charge in [-0.1, -0.05) is 20.8 Å². The van der Waals surface area contributed by atoms with Crippen molar-refractivity contribution in [1.82, 2.24) is 4.90 Å². The molecule has 0 radical (unpaired) electrons. The number of anilines is 1. The third kappa shape index (κ3) is 7.04. The van der Waals surface area contributed by atoms with Gasteiger partial charge in [0.2, 0.25) is 0 Å². The number of carbonyl (C=O) groups excluding carboxylic acids is 1. The van der Waals surface area contributed by atoms with Gasteiger partial charge in [-0.2, -0.15) is 0 Å². The molecule has 2 N–H and O–H groups in total. The highest BCUT2D eigenvalue weighted by Gasteiger charge is 2.17. The van der Waals surface area contributed by atoms with Crippen molar-refractivity contribution >= 4 is 17.7 Å². The van der Waals surface area contributed by atoms with Gasteiger partial charge in [-0.3, -0.25) is 4.79 Å². The summed E-state index contributed by atoms with van der Waals surface area (Å²) in [6.07, 6.45) is 0.991. The largest absolute Gasteiger partial charge is 0.494 e. The first kappa shape index (κ1) is 18.8. The molecule has 0 aliphatic heterocycles. The normalized spacial score (nSPS) is 11.9. The van der Waals surface area contributed by atoms with Gasteiger partial charge in [-0.15, -0.1) is 0 Å². The van der Waals surface area contributed by atoms with Crippen LogP contribution < -0.4 is 10.1 Å². The third-order valence-electron chi connectivity index (χ3n) is 3.39. The van der Waals surface area contributed by atoms with Gasteiger partial charge in [0.25, 0.3) is 0 Å². The van der Waals surface area contributed by atoms with Crippen molar-refractivity contribution in [2.24, 2.45) is 11.8 Å². The Hall–Kier alpha value is -2.24. The number of hydrogen-bond acceptors (Lipinski definition) is 3. The molecule has 1 rings (SSSR count). The monoisotopic (exact) mass is 322 g/mol. The van der Waals surface area contributed by atoms with Gasteiger partial charge < -0.3 is 20.1 Å². The summed E-state index contributed by atoms with van der Waals surface area (Å²) in [5, 5.41) is 11.6. The average Bonchev–Trinajstić information content (AvgIpc) is 2.48. The fraction of sp³-hybridized carbons (Fsp3) is 0.529.